The second-order valence-electron chi connectivity index (χ2n) is 3.13. The van der Waals surface area contributed by atoms with E-state index in [0.717, 1.165) is 10.9 Å². The number of pyridine rings is 1. The van der Waals surface area contributed by atoms with Crippen LogP contribution in [0.4, 0.5) is 0 Å². The molecule has 0 radical (unpaired) electrons. The van der Waals surface area contributed by atoms with Gasteiger partial charge < -0.3 is 5.11 Å². The molecule has 0 aliphatic rings. The van der Waals surface area contributed by atoms with Crippen molar-refractivity contribution in [1.82, 2.24) is 4.98 Å². The SMILES string of the molecule is Cc1ccnc2c(C(=O)O)cccc12.[AlH3]. The van der Waals surface area contributed by atoms with Crippen molar-refractivity contribution in [1.29, 1.82) is 0 Å². The molecule has 0 aliphatic carbocycles. The summed E-state index contributed by atoms with van der Waals surface area (Å²) in [6.45, 7) is 1.94. The number of carboxylic acid groups (broad SMARTS) is 1. The molecule has 1 aromatic heterocycles. The molecule has 1 N–H and O–H groups in total. The van der Waals surface area contributed by atoms with Crippen LogP contribution in [0.15, 0.2) is 30.5 Å². The van der Waals surface area contributed by atoms with Gasteiger partial charge in [0.25, 0.3) is 0 Å². The number of rotatable bonds is 1. The van der Waals surface area contributed by atoms with Crippen LogP contribution in [0.1, 0.15) is 15.9 Å². The van der Waals surface area contributed by atoms with Crippen LogP contribution in [0, 0.1) is 6.92 Å². The monoisotopic (exact) mass is 217 g/mol. The quantitative estimate of drug-likeness (QED) is 0.726. The van der Waals surface area contributed by atoms with E-state index in [1.54, 1.807) is 18.3 Å². The number of carboxylic acids is 1. The highest BCUT2D eigenvalue weighted by molar-refractivity contribution is 6.02. The van der Waals surface area contributed by atoms with E-state index >= 15 is 0 Å². The lowest BCUT2D eigenvalue weighted by molar-refractivity contribution is 0.0699. The van der Waals surface area contributed by atoms with E-state index in [4.69, 9.17) is 5.11 Å². The number of para-hydroxylation sites is 1. The molecule has 2 aromatic rings. The molecule has 15 heavy (non-hydrogen) atoms. The molecule has 0 atom stereocenters. The summed E-state index contributed by atoms with van der Waals surface area (Å²) in [5.74, 6) is -0.936. The third-order valence-corrected chi connectivity index (χ3v) is 2.22. The largest absolute Gasteiger partial charge is 0.478 e. The first-order chi connectivity index (χ1) is 6.70. The number of aromatic carboxylic acids is 1. The lowest BCUT2D eigenvalue weighted by atomic mass is 10.1. The predicted molar refractivity (Wildman–Crippen MR) is 63.4 cm³/mol. The molecule has 0 aliphatic heterocycles. The van der Waals surface area contributed by atoms with E-state index < -0.39 is 5.97 Å². The zero-order valence-electron chi connectivity index (χ0n) is 7.69. The molecule has 0 saturated carbocycles. The number of aromatic nitrogens is 1. The maximum absolute atomic E-state index is 10.9. The molecule has 3 nitrogen and oxygen atoms in total. The van der Waals surface area contributed by atoms with Gasteiger partial charge in [0.2, 0.25) is 0 Å². The minimum absolute atomic E-state index is 0. The molecule has 0 amide bonds. The van der Waals surface area contributed by atoms with Crippen molar-refractivity contribution >= 4 is 34.2 Å². The molecular formula is C11H12AlNO2. The number of carbonyl (C=O) groups is 1. The number of aryl methyl sites for hydroxylation is 1. The van der Waals surface area contributed by atoms with Crippen LogP contribution in [0.2, 0.25) is 0 Å². The Kier molecular flexibility index (Phi) is 3.46. The average Bonchev–Trinajstić information content (AvgIpc) is 2.17. The smallest absolute Gasteiger partial charge is 0.337 e. The molecule has 0 bridgehead atoms. The Bertz CT molecular complexity index is 511. The summed E-state index contributed by atoms with van der Waals surface area (Å²) >= 11 is 0. The van der Waals surface area contributed by atoms with Crippen LogP contribution in [0.3, 0.4) is 0 Å². The molecule has 0 spiro atoms. The van der Waals surface area contributed by atoms with Crippen LogP contribution < -0.4 is 0 Å². The first-order valence-corrected chi connectivity index (χ1v) is 4.28. The molecule has 0 unspecified atom stereocenters. The number of benzene rings is 1. The fraction of sp³-hybridized carbons (Fsp3) is 0.0909. The summed E-state index contributed by atoms with van der Waals surface area (Å²) in [6, 6.07) is 7.05. The summed E-state index contributed by atoms with van der Waals surface area (Å²) in [5.41, 5.74) is 1.85. The van der Waals surface area contributed by atoms with Gasteiger partial charge in [0.1, 0.15) is 0 Å². The van der Waals surface area contributed by atoms with E-state index in [-0.39, 0.29) is 22.9 Å². The van der Waals surface area contributed by atoms with E-state index in [1.165, 1.54) is 0 Å². The van der Waals surface area contributed by atoms with E-state index in [2.05, 4.69) is 4.98 Å². The highest BCUT2D eigenvalue weighted by atomic mass is 27.0. The predicted octanol–water partition coefficient (Wildman–Crippen LogP) is 1.06. The maximum Gasteiger partial charge on any atom is 0.337 e. The Morgan fingerprint density at radius 2 is 2.07 bits per heavy atom. The summed E-state index contributed by atoms with van der Waals surface area (Å²) in [7, 11) is 0. The van der Waals surface area contributed by atoms with Gasteiger partial charge in [-0.1, -0.05) is 12.1 Å². The van der Waals surface area contributed by atoms with Crippen LogP contribution in [0.5, 0.6) is 0 Å². The Morgan fingerprint density at radius 3 is 2.73 bits per heavy atom. The van der Waals surface area contributed by atoms with Crippen LogP contribution in [-0.2, 0) is 0 Å². The second-order valence-corrected chi connectivity index (χ2v) is 3.13. The number of hydrogen-bond acceptors (Lipinski definition) is 2. The average molecular weight is 217 g/mol. The molecule has 2 rings (SSSR count). The van der Waals surface area contributed by atoms with Crippen molar-refractivity contribution in [2.24, 2.45) is 0 Å². The van der Waals surface area contributed by atoms with Crippen LogP contribution >= 0.6 is 0 Å². The minimum Gasteiger partial charge on any atom is -0.478 e. The van der Waals surface area contributed by atoms with Crippen LogP contribution in [0.25, 0.3) is 10.9 Å². The van der Waals surface area contributed by atoms with Gasteiger partial charge in [-0.05, 0) is 24.6 Å². The summed E-state index contributed by atoms with van der Waals surface area (Å²) in [4.78, 5) is 15.0. The number of fused-ring (bicyclic) bond motifs is 1. The third-order valence-electron chi connectivity index (χ3n) is 2.22. The Labute approximate surface area is 97.9 Å². The number of hydrogen-bond donors (Lipinski definition) is 1. The van der Waals surface area contributed by atoms with Gasteiger partial charge in [-0.25, -0.2) is 4.79 Å². The van der Waals surface area contributed by atoms with Crippen LogP contribution in [-0.4, -0.2) is 33.4 Å². The van der Waals surface area contributed by atoms with Gasteiger partial charge in [-0.2, -0.15) is 0 Å². The zero-order chi connectivity index (χ0) is 10.1. The van der Waals surface area contributed by atoms with Crippen molar-refractivity contribution in [3.63, 3.8) is 0 Å². The van der Waals surface area contributed by atoms with E-state index in [1.807, 2.05) is 19.1 Å². The fourth-order valence-electron chi connectivity index (χ4n) is 1.49. The van der Waals surface area contributed by atoms with E-state index in [0.29, 0.717) is 5.52 Å². The molecule has 76 valence electrons. The van der Waals surface area contributed by atoms with Crippen molar-refractivity contribution in [2.45, 2.75) is 6.92 Å². The topological polar surface area (TPSA) is 50.2 Å². The first kappa shape index (κ1) is 11.7. The Hall–Kier alpha value is -1.37. The lowest BCUT2D eigenvalue weighted by Gasteiger charge is -2.03. The standard InChI is InChI=1S/C11H9NO2.Al.3H/c1-7-5-6-12-10-8(7)3-2-4-9(10)11(13)14;;;;/h2-6H,1H3,(H,13,14);;;;. The van der Waals surface area contributed by atoms with Gasteiger partial charge >= 0.3 is 5.97 Å². The number of nitrogens with zero attached hydrogens (tertiary/aromatic N) is 1. The van der Waals surface area contributed by atoms with Crippen molar-refractivity contribution in [2.75, 3.05) is 0 Å². The maximum atomic E-state index is 10.9. The van der Waals surface area contributed by atoms with Crippen molar-refractivity contribution in [3.8, 4) is 0 Å². The van der Waals surface area contributed by atoms with Gasteiger partial charge in [-0.15, -0.1) is 0 Å². The lowest BCUT2D eigenvalue weighted by Crippen LogP contribution is -1.98. The van der Waals surface area contributed by atoms with Gasteiger partial charge in [0, 0.05) is 11.6 Å². The van der Waals surface area contributed by atoms with Crippen molar-refractivity contribution in [3.05, 3.63) is 41.6 Å². The molecule has 0 saturated heterocycles. The minimum atomic E-state index is -0.936. The molecule has 0 fully saturated rings. The normalized spacial score (nSPS) is 9.67. The Balaban J connectivity index is 0.00000112. The highest BCUT2D eigenvalue weighted by Crippen LogP contribution is 2.19. The van der Waals surface area contributed by atoms with Crippen molar-refractivity contribution < 1.29 is 9.90 Å². The summed E-state index contributed by atoms with van der Waals surface area (Å²) < 4.78 is 0. The van der Waals surface area contributed by atoms with Gasteiger partial charge in [0.15, 0.2) is 17.4 Å². The first-order valence-electron chi connectivity index (χ1n) is 4.28. The Morgan fingerprint density at radius 1 is 1.33 bits per heavy atom. The van der Waals surface area contributed by atoms with Gasteiger partial charge in [-0.3, -0.25) is 4.98 Å². The summed E-state index contributed by atoms with van der Waals surface area (Å²) in [5, 5.41) is 9.83. The second kappa shape index (κ2) is 4.43. The molecular weight excluding hydrogens is 205 g/mol. The van der Waals surface area contributed by atoms with E-state index in [9.17, 15) is 4.79 Å². The highest BCUT2D eigenvalue weighted by Gasteiger charge is 2.09. The van der Waals surface area contributed by atoms with Gasteiger partial charge in [0.05, 0.1) is 11.1 Å². The molecule has 4 heteroatoms. The zero-order valence-corrected chi connectivity index (χ0v) is 7.69. The summed E-state index contributed by atoms with van der Waals surface area (Å²) in [6.07, 6.45) is 1.63. The molecule has 1 aromatic carbocycles. The fourth-order valence-corrected chi connectivity index (χ4v) is 1.49. The third kappa shape index (κ3) is 2.01. The molecule has 1 heterocycles.